The molecule has 0 bridgehead atoms. The van der Waals surface area contributed by atoms with E-state index in [1.807, 2.05) is 0 Å². The van der Waals surface area contributed by atoms with Gasteiger partial charge in [0.1, 0.15) is 0 Å². The fraction of sp³-hybridized carbons (Fsp3) is 0.882. The van der Waals surface area contributed by atoms with Crippen LogP contribution in [0.5, 0.6) is 0 Å². The lowest BCUT2D eigenvalue weighted by Crippen LogP contribution is -2.44. The number of ether oxygens (including phenoxy) is 1. The summed E-state index contributed by atoms with van der Waals surface area (Å²) in [7, 11) is 0. The molecule has 1 aliphatic heterocycles. The molecule has 2 amide bonds. The second-order valence-corrected chi connectivity index (χ2v) is 6.88. The van der Waals surface area contributed by atoms with E-state index in [4.69, 9.17) is 4.74 Å². The Kier molecular flexibility index (Phi) is 6.68. The third kappa shape index (κ3) is 5.27. The Morgan fingerprint density at radius 1 is 1.05 bits per heavy atom. The molecule has 0 aromatic rings. The molecule has 2 rings (SSSR count). The van der Waals surface area contributed by atoms with Crippen LogP contribution >= 0.6 is 0 Å². The topological polar surface area (TPSA) is 67.4 Å². The SMILES string of the molecule is C[C@H]1[C@H](C)CCC[C@@H]1NC(=O)CCC(=O)NC[C@@H]1CCCO1. The maximum atomic E-state index is 12.0. The van der Waals surface area contributed by atoms with Crippen LogP contribution in [0.4, 0.5) is 0 Å². The van der Waals surface area contributed by atoms with Gasteiger partial charge in [0, 0.05) is 32.0 Å². The minimum atomic E-state index is -0.0595. The van der Waals surface area contributed by atoms with Crippen LogP contribution in [0.3, 0.4) is 0 Å². The first kappa shape index (κ1) is 17.3. The molecule has 4 atom stereocenters. The maximum Gasteiger partial charge on any atom is 0.220 e. The molecule has 0 aromatic carbocycles. The molecule has 2 aliphatic rings. The van der Waals surface area contributed by atoms with Gasteiger partial charge in [-0.25, -0.2) is 0 Å². The highest BCUT2D eigenvalue weighted by Crippen LogP contribution is 2.29. The molecule has 2 N–H and O–H groups in total. The summed E-state index contributed by atoms with van der Waals surface area (Å²) >= 11 is 0. The van der Waals surface area contributed by atoms with Gasteiger partial charge in [-0.15, -0.1) is 0 Å². The van der Waals surface area contributed by atoms with Gasteiger partial charge in [0.15, 0.2) is 0 Å². The van der Waals surface area contributed by atoms with Gasteiger partial charge in [0.05, 0.1) is 6.10 Å². The van der Waals surface area contributed by atoms with E-state index in [9.17, 15) is 9.59 Å². The average Bonchev–Trinajstić information content (AvgIpc) is 3.01. The summed E-state index contributed by atoms with van der Waals surface area (Å²) in [6, 6.07) is 0.270. The van der Waals surface area contributed by atoms with Crippen molar-refractivity contribution in [2.45, 2.75) is 70.9 Å². The predicted molar refractivity (Wildman–Crippen MR) is 85.3 cm³/mol. The van der Waals surface area contributed by atoms with Crippen molar-refractivity contribution in [2.75, 3.05) is 13.2 Å². The molecule has 0 unspecified atom stereocenters. The Hall–Kier alpha value is -1.10. The van der Waals surface area contributed by atoms with Gasteiger partial charge < -0.3 is 15.4 Å². The van der Waals surface area contributed by atoms with Gasteiger partial charge in [0.2, 0.25) is 11.8 Å². The second kappa shape index (κ2) is 8.51. The van der Waals surface area contributed by atoms with Crippen LogP contribution in [0, 0.1) is 11.8 Å². The van der Waals surface area contributed by atoms with E-state index < -0.39 is 0 Å². The Balaban J connectivity index is 1.61. The summed E-state index contributed by atoms with van der Waals surface area (Å²) in [4.78, 5) is 23.8. The largest absolute Gasteiger partial charge is 0.376 e. The Morgan fingerprint density at radius 3 is 2.55 bits per heavy atom. The van der Waals surface area contributed by atoms with Gasteiger partial charge in [0.25, 0.3) is 0 Å². The van der Waals surface area contributed by atoms with E-state index in [1.165, 1.54) is 12.8 Å². The number of hydrogen-bond acceptors (Lipinski definition) is 3. The summed E-state index contributed by atoms with van der Waals surface area (Å²) < 4.78 is 5.46. The van der Waals surface area contributed by atoms with Crippen LogP contribution in [0.25, 0.3) is 0 Å². The second-order valence-electron chi connectivity index (χ2n) is 6.88. The number of hydrogen-bond donors (Lipinski definition) is 2. The molecule has 5 heteroatoms. The first-order chi connectivity index (χ1) is 10.6. The maximum absolute atomic E-state index is 12.0. The number of carbonyl (C=O) groups is 2. The summed E-state index contributed by atoms with van der Waals surface area (Å²) in [6.07, 6.45) is 6.26. The molecule has 0 spiro atoms. The molecular formula is C17H30N2O3. The number of nitrogens with one attached hydrogen (secondary N) is 2. The zero-order valence-corrected chi connectivity index (χ0v) is 13.9. The van der Waals surface area contributed by atoms with E-state index in [2.05, 4.69) is 24.5 Å². The normalized spacial score (nSPS) is 31.7. The first-order valence-corrected chi connectivity index (χ1v) is 8.74. The number of amides is 2. The van der Waals surface area contributed by atoms with Crippen LogP contribution in [-0.2, 0) is 14.3 Å². The molecule has 2 fully saturated rings. The molecule has 1 aliphatic carbocycles. The van der Waals surface area contributed by atoms with Crippen LogP contribution in [0.1, 0.15) is 58.8 Å². The first-order valence-electron chi connectivity index (χ1n) is 8.74. The molecular weight excluding hydrogens is 280 g/mol. The fourth-order valence-electron chi connectivity index (χ4n) is 3.41. The standard InChI is InChI=1S/C17H30N2O3/c1-12-5-3-7-15(13(12)2)19-17(21)9-8-16(20)18-11-14-6-4-10-22-14/h12-15H,3-11H2,1-2H3,(H,18,20)(H,19,21)/t12-,13+,14+,15+/m1/s1. The van der Waals surface area contributed by atoms with E-state index >= 15 is 0 Å². The molecule has 22 heavy (non-hydrogen) atoms. The highest BCUT2D eigenvalue weighted by Gasteiger charge is 2.28. The van der Waals surface area contributed by atoms with Crippen molar-refractivity contribution in [1.29, 1.82) is 0 Å². The van der Waals surface area contributed by atoms with E-state index in [-0.39, 0.29) is 36.8 Å². The quantitative estimate of drug-likeness (QED) is 0.788. The van der Waals surface area contributed by atoms with Crippen LogP contribution in [0.15, 0.2) is 0 Å². The zero-order valence-electron chi connectivity index (χ0n) is 13.9. The van der Waals surface area contributed by atoms with Crippen molar-refractivity contribution in [2.24, 2.45) is 11.8 Å². The van der Waals surface area contributed by atoms with Gasteiger partial charge in [-0.1, -0.05) is 26.7 Å². The molecule has 1 heterocycles. The van der Waals surface area contributed by atoms with E-state index in [0.29, 0.717) is 18.4 Å². The third-order valence-electron chi connectivity index (χ3n) is 5.18. The summed E-state index contributed by atoms with van der Waals surface area (Å²) in [5.74, 6) is 1.12. The average molecular weight is 310 g/mol. The molecule has 126 valence electrons. The smallest absolute Gasteiger partial charge is 0.220 e. The third-order valence-corrected chi connectivity index (χ3v) is 5.18. The highest BCUT2D eigenvalue weighted by atomic mass is 16.5. The minimum absolute atomic E-state index is 0.00165. The van der Waals surface area contributed by atoms with Crippen LogP contribution in [0.2, 0.25) is 0 Å². The van der Waals surface area contributed by atoms with Crippen molar-refractivity contribution >= 4 is 11.8 Å². The lowest BCUT2D eigenvalue weighted by molar-refractivity contribution is -0.127. The monoisotopic (exact) mass is 310 g/mol. The summed E-state index contributed by atoms with van der Waals surface area (Å²) in [5, 5.41) is 5.96. The Bertz CT molecular complexity index is 380. The van der Waals surface area contributed by atoms with Crippen molar-refractivity contribution in [3.63, 3.8) is 0 Å². The van der Waals surface area contributed by atoms with Crippen LogP contribution in [-0.4, -0.2) is 37.1 Å². The molecule has 0 radical (unpaired) electrons. The van der Waals surface area contributed by atoms with Crippen LogP contribution < -0.4 is 10.6 Å². The lowest BCUT2D eigenvalue weighted by Gasteiger charge is -2.34. The number of rotatable bonds is 6. The molecule has 1 saturated heterocycles. The van der Waals surface area contributed by atoms with Gasteiger partial charge >= 0.3 is 0 Å². The van der Waals surface area contributed by atoms with E-state index in [0.717, 1.165) is 25.9 Å². The summed E-state index contributed by atoms with van der Waals surface area (Å²) in [6.45, 7) is 5.82. The number of carbonyl (C=O) groups excluding carboxylic acids is 2. The molecule has 5 nitrogen and oxygen atoms in total. The fourth-order valence-corrected chi connectivity index (χ4v) is 3.41. The predicted octanol–water partition coefficient (Wildman–Crippen LogP) is 2.00. The lowest BCUT2D eigenvalue weighted by atomic mass is 9.78. The zero-order chi connectivity index (χ0) is 15.9. The van der Waals surface area contributed by atoms with E-state index in [1.54, 1.807) is 0 Å². The van der Waals surface area contributed by atoms with Gasteiger partial charge in [-0.2, -0.15) is 0 Å². The molecule has 1 saturated carbocycles. The molecule has 0 aromatic heterocycles. The van der Waals surface area contributed by atoms with Crippen molar-refractivity contribution < 1.29 is 14.3 Å². The summed E-state index contributed by atoms with van der Waals surface area (Å²) in [5.41, 5.74) is 0. The van der Waals surface area contributed by atoms with Gasteiger partial charge in [-0.05, 0) is 31.1 Å². The van der Waals surface area contributed by atoms with Crippen molar-refractivity contribution in [1.82, 2.24) is 10.6 Å². The van der Waals surface area contributed by atoms with Gasteiger partial charge in [-0.3, -0.25) is 9.59 Å². The van der Waals surface area contributed by atoms with Crippen molar-refractivity contribution in [3.8, 4) is 0 Å². The highest BCUT2D eigenvalue weighted by molar-refractivity contribution is 5.83. The minimum Gasteiger partial charge on any atom is -0.376 e. The van der Waals surface area contributed by atoms with Crippen molar-refractivity contribution in [3.05, 3.63) is 0 Å². The Labute approximate surface area is 133 Å². The Morgan fingerprint density at radius 2 is 1.82 bits per heavy atom.